The number of aromatic nitrogens is 4. The molecule has 1 aliphatic rings. The van der Waals surface area contributed by atoms with Gasteiger partial charge in [-0.1, -0.05) is 88.6 Å². The van der Waals surface area contributed by atoms with E-state index in [0.717, 1.165) is 32.9 Å². The second-order valence-corrected chi connectivity index (χ2v) is 16.5. The van der Waals surface area contributed by atoms with Crippen LogP contribution < -0.4 is 60.1 Å². The number of rotatable bonds is 6. The Morgan fingerprint density at radius 2 is 0.935 bits per heavy atom. The normalized spacial score (nSPS) is 14.5. The molecule has 62 heavy (non-hydrogen) atoms. The van der Waals surface area contributed by atoms with Crippen molar-refractivity contribution < 1.29 is 9.31 Å². The molecule has 3 heterocycles. The molecule has 17 heteroatoms. The van der Waals surface area contributed by atoms with Gasteiger partial charge in [-0.2, -0.15) is 0 Å². The lowest BCUT2D eigenvalue weighted by Crippen LogP contribution is -2.55. The monoisotopic (exact) mass is 776 g/mol. The standard InChI is InChI=1S/C45H27B11N4O2/c1-44(2)45(3,4)62-56(61-44)21-17-18-26(60-25-15-9-8-13-23(25)28-22(14-10-16-27(28)60)20-11-6-5-7-12-20)24(19-21)41-57-42(29-31(46)35(50)39(54)36(51)32(29)47)59-43(58-41)30-33(48)37(52)40(55)38(53)34(30)49/h5-19H,1-4H3. The molecule has 1 aliphatic heterocycles. The van der Waals surface area contributed by atoms with E-state index in [2.05, 4.69) is 41.0 Å². The summed E-state index contributed by atoms with van der Waals surface area (Å²) < 4.78 is 15.3. The van der Waals surface area contributed by atoms with Gasteiger partial charge in [0.05, 0.1) is 27.9 Å². The molecule has 272 valence electrons. The van der Waals surface area contributed by atoms with Gasteiger partial charge in [-0.3, -0.25) is 0 Å². The van der Waals surface area contributed by atoms with Crippen LogP contribution in [0.4, 0.5) is 0 Å². The molecule has 2 aromatic heterocycles. The van der Waals surface area contributed by atoms with E-state index in [-0.39, 0.29) is 83.2 Å². The van der Waals surface area contributed by atoms with Crippen LogP contribution in [0.1, 0.15) is 27.7 Å². The molecule has 0 atom stereocenters. The van der Waals surface area contributed by atoms with E-state index in [9.17, 15) is 0 Å². The molecule has 1 saturated heterocycles. The first-order chi connectivity index (χ1) is 29.4. The predicted molar refractivity (Wildman–Crippen MR) is 266 cm³/mol. The van der Waals surface area contributed by atoms with Crippen LogP contribution in [0.5, 0.6) is 0 Å². The van der Waals surface area contributed by atoms with Gasteiger partial charge in [0.25, 0.3) is 0 Å². The number of fused-ring (bicyclic) bond motifs is 3. The molecule has 0 saturated carbocycles. The fraction of sp³-hybridized carbons (Fsp3) is 0.133. The highest BCUT2D eigenvalue weighted by molar-refractivity contribution is 6.70. The van der Waals surface area contributed by atoms with E-state index in [0.29, 0.717) is 16.7 Å². The highest BCUT2D eigenvalue weighted by atomic mass is 16.7. The average molecular weight is 775 g/mol. The maximum Gasteiger partial charge on any atom is 0.494 e. The zero-order chi connectivity index (χ0) is 44.2. The van der Waals surface area contributed by atoms with Crippen molar-refractivity contribution in [1.29, 1.82) is 0 Å². The topological polar surface area (TPSA) is 62.1 Å². The third-order valence-corrected chi connectivity index (χ3v) is 12.3. The van der Waals surface area contributed by atoms with Crippen LogP contribution >= 0.6 is 0 Å². The molecule has 6 aromatic carbocycles. The molecule has 20 radical (unpaired) electrons. The van der Waals surface area contributed by atoms with Gasteiger partial charge in [0.1, 0.15) is 78.5 Å². The lowest BCUT2D eigenvalue weighted by Gasteiger charge is -2.32. The van der Waals surface area contributed by atoms with Crippen molar-refractivity contribution in [3.05, 3.63) is 91.0 Å². The Kier molecular flexibility index (Phi) is 10.3. The van der Waals surface area contributed by atoms with Crippen LogP contribution in [0.3, 0.4) is 0 Å². The van der Waals surface area contributed by atoms with Crippen molar-refractivity contribution in [1.82, 2.24) is 19.5 Å². The molecular formula is C45H27B11N4O2. The lowest BCUT2D eigenvalue weighted by molar-refractivity contribution is 0.00578. The van der Waals surface area contributed by atoms with Gasteiger partial charge in [0.15, 0.2) is 17.5 Å². The zero-order valence-corrected chi connectivity index (χ0v) is 34.6. The van der Waals surface area contributed by atoms with Crippen molar-refractivity contribution in [3.63, 3.8) is 0 Å². The molecule has 0 spiro atoms. The molecule has 8 aromatic rings. The summed E-state index contributed by atoms with van der Waals surface area (Å²) in [6.07, 6.45) is 0. The zero-order valence-electron chi connectivity index (χ0n) is 34.6. The van der Waals surface area contributed by atoms with E-state index in [4.69, 9.17) is 103 Å². The van der Waals surface area contributed by atoms with E-state index < -0.39 is 18.3 Å². The first kappa shape index (κ1) is 42.1. The Labute approximate surface area is 375 Å². The Bertz CT molecular complexity index is 3010. The Morgan fingerprint density at radius 1 is 0.468 bits per heavy atom. The second-order valence-electron chi connectivity index (χ2n) is 16.5. The summed E-state index contributed by atoms with van der Waals surface area (Å²) in [7, 11) is 63.9. The number of hydrogen-bond donors (Lipinski definition) is 0. The van der Waals surface area contributed by atoms with Crippen molar-refractivity contribution in [2.75, 3.05) is 0 Å². The third-order valence-electron chi connectivity index (χ3n) is 12.3. The highest BCUT2D eigenvalue weighted by Gasteiger charge is 2.52. The molecule has 6 nitrogen and oxygen atoms in total. The SMILES string of the molecule is [B]c1c([B])c([B])c(-c2nc(-c3cc(B4OC(C)(C)C(C)(C)O4)ccc3-n3c4ccccc4c4c(-c5ccccc5)cccc43)nc(-c3c([B])c([B])c([B])c([B])c3[B])n2)c([B])c1[B]. The van der Waals surface area contributed by atoms with Crippen molar-refractivity contribution in [2.24, 2.45) is 0 Å². The number of nitrogens with zero attached hydrogens (tertiary/aromatic N) is 4. The maximum atomic E-state index is 6.66. The van der Waals surface area contributed by atoms with Crippen LogP contribution in [-0.4, -0.2) is 116 Å². The minimum absolute atomic E-state index is 0.00170. The van der Waals surface area contributed by atoms with Crippen LogP contribution in [0, 0.1) is 0 Å². The van der Waals surface area contributed by atoms with Crippen LogP contribution in [0.25, 0.3) is 72.8 Å². The minimum atomic E-state index is -0.762. The third kappa shape index (κ3) is 6.52. The predicted octanol–water partition coefficient (Wildman–Crippen LogP) is -2.13. The summed E-state index contributed by atoms with van der Waals surface area (Å²) in [6, 6.07) is 30.6. The molecule has 0 amide bonds. The van der Waals surface area contributed by atoms with Gasteiger partial charge in [-0.05, 0) is 68.6 Å². The Hall–Kier alpha value is -5.24. The summed E-state index contributed by atoms with van der Waals surface area (Å²) in [4.78, 5) is 15.0. The van der Waals surface area contributed by atoms with Gasteiger partial charge >= 0.3 is 7.12 Å². The molecule has 0 N–H and O–H groups in total. The molecule has 1 fully saturated rings. The minimum Gasteiger partial charge on any atom is -0.399 e. The van der Waals surface area contributed by atoms with E-state index >= 15 is 0 Å². The van der Waals surface area contributed by atoms with Crippen LogP contribution in [0.15, 0.2) is 91.0 Å². The largest absolute Gasteiger partial charge is 0.494 e. The molecule has 9 rings (SSSR count). The Balaban J connectivity index is 1.41. The first-order valence-corrected chi connectivity index (χ1v) is 19.8. The van der Waals surface area contributed by atoms with E-state index in [1.165, 1.54) is 0 Å². The molecular weight excluding hydrogens is 747 g/mol. The van der Waals surface area contributed by atoms with Crippen LogP contribution in [-0.2, 0) is 9.31 Å². The number of hydrogen-bond acceptors (Lipinski definition) is 5. The summed E-state index contributed by atoms with van der Waals surface area (Å²) in [5.74, 6) is 0.0996. The summed E-state index contributed by atoms with van der Waals surface area (Å²) in [5.41, 5.74) is 4.84. The summed E-state index contributed by atoms with van der Waals surface area (Å²) in [6.45, 7) is 7.97. The van der Waals surface area contributed by atoms with Gasteiger partial charge in [0.2, 0.25) is 0 Å². The second kappa shape index (κ2) is 15.2. The van der Waals surface area contributed by atoms with Crippen molar-refractivity contribution in [3.8, 4) is 51.0 Å². The summed E-state index contributed by atoms with van der Waals surface area (Å²) >= 11 is 0. The quantitative estimate of drug-likeness (QED) is 0.181. The average Bonchev–Trinajstić information content (AvgIpc) is 3.72. The summed E-state index contributed by atoms with van der Waals surface area (Å²) in [5, 5.41) is 2.08. The Morgan fingerprint density at radius 3 is 1.48 bits per heavy atom. The maximum absolute atomic E-state index is 6.66. The lowest BCUT2D eigenvalue weighted by atomic mass is 9.60. The van der Waals surface area contributed by atoms with Gasteiger partial charge < -0.3 is 13.9 Å². The molecule has 0 unspecified atom stereocenters. The van der Waals surface area contributed by atoms with Crippen molar-refractivity contribution >= 4 is 167 Å². The fourth-order valence-electron chi connectivity index (χ4n) is 8.09. The fourth-order valence-corrected chi connectivity index (χ4v) is 8.09. The number of para-hydroxylation sites is 1. The van der Waals surface area contributed by atoms with Crippen LogP contribution in [0.2, 0.25) is 0 Å². The van der Waals surface area contributed by atoms with E-state index in [1.54, 1.807) is 0 Å². The smallest absolute Gasteiger partial charge is 0.399 e. The van der Waals surface area contributed by atoms with Gasteiger partial charge in [-0.15, -0.1) is 32.8 Å². The highest BCUT2D eigenvalue weighted by Crippen LogP contribution is 2.41. The van der Waals surface area contributed by atoms with Gasteiger partial charge in [-0.25, -0.2) is 15.0 Å². The molecule has 0 aliphatic carbocycles. The molecule has 0 bridgehead atoms. The van der Waals surface area contributed by atoms with Crippen molar-refractivity contribution in [2.45, 2.75) is 38.9 Å². The number of benzene rings is 6. The van der Waals surface area contributed by atoms with Gasteiger partial charge in [0, 0.05) is 27.5 Å². The van der Waals surface area contributed by atoms with E-state index in [1.807, 2.05) is 82.3 Å². The first-order valence-electron chi connectivity index (χ1n) is 19.8.